The van der Waals surface area contributed by atoms with Crippen molar-refractivity contribution < 1.29 is 0 Å². The smallest absolute Gasteiger partial charge is 0.263 e. The average Bonchev–Trinajstić information content (AvgIpc) is 2.54. The number of H-pyrrole nitrogens is 1. The normalized spacial score (nSPS) is 10.7. The molecule has 0 fully saturated rings. The van der Waals surface area contributed by atoms with Gasteiger partial charge in [-0.15, -0.1) is 17.9 Å². The molecule has 0 radical (unpaired) electrons. The van der Waals surface area contributed by atoms with Crippen molar-refractivity contribution in [3.63, 3.8) is 0 Å². The van der Waals surface area contributed by atoms with Crippen LogP contribution in [0.1, 0.15) is 5.56 Å². The summed E-state index contributed by atoms with van der Waals surface area (Å²) in [6.45, 7) is 5.98. The van der Waals surface area contributed by atoms with E-state index < -0.39 is 0 Å². The number of aromatic nitrogens is 2. The zero-order valence-corrected chi connectivity index (χ0v) is 9.87. The van der Waals surface area contributed by atoms with Crippen LogP contribution in [0, 0.1) is 11.7 Å². The summed E-state index contributed by atoms with van der Waals surface area (Å²) < 4.78 is 1.97. The summed E-state index contributed by atoms with van der Waals surface area (Å²) in [5, 5.41) is 2.69. The molecule has 1 N–H and O–H groups in total. The summed E-state index contributed by atoms with van der Waals surface area (Å²) in [6, 6.07) is 0. The van der Waals surface area contributed by atoms with E-state index in [0.29, 0.717) is 11.3 Å². The zero-order chi connectivity index (χ0) is 11.0. The Morgan fingerprint density at radius 1 is 1.73 bits per heavy atom. The van der Waals surface area contributed by atoms with E-state index in [1.54, 1.807) is 6.08 Å². The molecular weight excluding hydrogens is 228 g/mol. The molecule has 15 heavy (non-hydrogen) atoms. The molecule has 0 bridgehead atoms. The number of allylic oxidation sites excluding steroid dienone is 1. The predicted octanol–water partition coefficient (Wildman–Crippen LogP) is 2.62. The Hall–Kier alpha value is -1.20. The maximum atomic E-state index is 12.1. The van der Waals surface area contributed by atoms with Crippen LogP contribution in [0.5, 0.6) is 0 Å². The number of hydrogen-bond donors (Lipinski definition) is 1. The van der Waals surface area contributed by atoms with Gasteiger partial charge in [-0.3, -0.25) is 9.36 Å². The minimum Gasteiger partial charge on any atom is -0.323 e. The minimum absolute atomic E-state index is 0.0348. The lowest BCUT2D eigenvalue weighted by atomic mass is 10.3. The SMILES string of the molecule is C=CCn1c(=S)[nH]c2scc(C)c2c1=O. The van der Waals surface area contributed by atoms with Gasteiger partial charge in [-0.25, -0.2) is 0 Å². The summed E-state index contributed by atoms with van der Waals surface area (Å²) in [5.74, 6) is 0. The number of hydrogen-bond acceptors (Lipinski definition) is 3. The minimum atomic E-state index is -0.0348. The summed E-state index contributed by atoms with van der Waals surface area (Å²) >= 11 is 6.62. The van der Waals surface area contributed by atoms with Crippen LogP contribution in [-0.4, -0.2) is 9.55 Å². The first kappa shape index (κ1) is 10.3. The molecule has 5 heteroatoms. The Kier molecular flexibility index (Phi) is 2.58. The van der Waals surface area contributed by atoms with Crippen LogP contribution in [0.3, 0.4) is 0 Å². The Labute approximate surface area is 95.7 Å². The predicted molar refractivity (Wildman–Crippen MR) is 66.2 cm³/mol. The molecular formula is C10H10N2OS2. The molecule has 3 nitrogen and oxygen atoms in total. The highest BCUT2D eigenvalue weighted by molar-refractivity contribution is 7.71. The zero-order valence-electron chi connectivity index (χ0n) is 8.24. The second-order valence-electron chi connectivity index (χ2n) is 3.26. The Bertz CT molecular complexity index is 633. The molecule has 78 valence electrons. The van der Waals surface area contributed by atoms with Crippen molar-refractivity contribution in [2.45, 2.75) is 13.5 Å². The first-order chi connectivity index (χ1) is 7.15. The fourth-order valence-electron chi connectivity index (χ4n) is 1.49. The highest BCUT2D eigenvalue weighted by atomic mass is 32.1. The third kappa shape index (κ3) is 1.57. The van der Waals surface area contributed by atoms with Crippen molar-refractivity contribution in [2.24, 2.45) is 0 Å². The van der Waals surface area contributed by atoms with E-state index in [4.69, 9.17) is 12.2 Å². The largest absolute Gasteiger partial charge is 0.323 e. The van der Waals surface area contributed by atoms with Gasteiger partial charge < -0.3 is 4.98 Å². The first-order valence-electron chi connectivity index (χ1n) is 4.47. The van der Waals surface area contributed by atoms with Crippen LogP contribution in [0.2, 0.25) is 0 Å². The van der Waals surface area contributed by atoms with Gasteiger partial charge in [0.2, 0.25) is 0 Å². The van der Waals surface area contributed by atoms with E-state index in [9.17, 15) is 4.79 Å². The van der Waals surface area contributed by atoms with Crippen LogP contribution in [0.4, 0.5) is 0 Å². The van der Waals surface area contributed by atoms with Gasteiger partial charge in [0, 0.05) is 6.54 Å². The van der Waals surface area contributed by atoms with Gasteiger partial charge >= 0.3 is 0 Å². The Morgan fingerprint density at radius 3 is 3.13 bits per heavy atom. The molecule has 0 saturated carbocycles. The van der Waals surface area contributed by atoms with Crippen molar-refractivity contribution >= 4 is 33.8 Å². The number of aromatic amines is 1. The highest BCUT2D eigenvalue weighted by Gasteiger charge is 2.08. The molecule has 0 aromatic carbocycles. The molecule has 0 atom stereocenters. The molecule has 0 spiro atoms. The fourth-order valence-corrected chi connectivity index (χ4v) is 2.75. The quantitative estimate of drug-likeness (QED) is 0.645. The van der Waals surface area contributed by atoms with E-state index in [-0.39, 0.29) is 5.56 Å². The maximum Gasteiger partial charge on any atom is 0.263 e. The number of thiophene rings is 1. The van der Waals surface area contributed by atoms with Crippen LogP contribution in [-0.2, 0) is 6.54 Å². The topological polar surface area (TPSA) is 37.8 Å². The molecule has 0 saturated heterocycles. The first-order valence-corrected chi connectivity index (χ1v) is 5.75. The second-order valence-corrected chi connectivity index (χ2v) is 4.52. The van der Waals surface area contributed by atoms with Crippen molar-refractivity contribution in [1.82, 2.24) is 9.55 Å². The van der Waals surface area contributed by atoms with Gasteiger partial charge in [-0.1, -0.05) is 6.08 Å². The van der Waals surface area contributed by atoms with Crippen LogP contribution >= 0.6 is 23.6 Å². The molecule has 2 aromatic rings. The van der Waals surface area contributed by atoms with Crippen LogP contribution < -0.4 is 5.56 Å². The van der Waals surface area contributed by atoms with Gasteiger partial charge in [-0.05, 0) is 30.1 Å². The summed E-state index contributed by atoms with van der Waals surface area (Å²) in [5.41, 5.74) is 0.955. The van der Waals surface area contributed by atoms with Gasteiger partial charge in [-0.2, -0.15) is 0 Å². The average molecular weight is 238 g/mol. The molecule has 0 amide bonds. The summed E-state index contributed by atoms with van der Waals surface area (Å²) in [7, 11) is 0. The number of nitrogens with one attached hydrogen (secondary N) is 1. The monoisotopic (exact) mass is 238 g/mol. The van der Waals surface area contributed by atoms with Gasteiger partial charge in [0.05, 0.1) is 5.39 Å². The van der Waals surface area contributed by atoms with Crippen LogP contribution in [0.25, 0.3) is 10.2 Å². The van der Waals surface area contributed by atoms with E-state index in [0.717, 1.165) is 15.8 Å². The van der Waals surface area contributed by atoms with E-state index in [1.165, 1.54) is 15.9 Å². The van der Waals surface area contributed by atoms with Gasteiger partial charge in [0.1, 0.15) is 4.83 Å². The Balaban J connectivity index is 2.94. The molecule has 2 rings (SSSR count). The van der Waals surface area contributed by atoms with E-state index in [1.807, 2.05) is 12.3 Å². The maximum absolute atomic E-state index is 12.1. The molecule has 2 aromatic heterocycles. The third-order valence-corrected chi connectivity index (χ3v) is 3.55. The van der Waals surface area contributed by atoms with Crippen molar-refractivity contribution in [2.75, 3.05) is 0 Å². The molecule has 0 aliphatic heterocycles. The number of fused-ring (bicyclic) bond motifs is 1. The third-order valence-electron chi connectivity index (χ3n) is 2.21. The Morgan fingerprint density at radius 2 is 2.47 bits per heavy atom. The lowest BCUT2D eigenvalue weighted by molar-refractivity contribution is 0.753. The van der Waals surface area contributed by atoms with E-state index in [2.05, 4.69) is 11.6 Å². The molecule has 0 unspecified atom stereocenters. The van der Waals surface area contributed by atoms with Gasteiger partial charge in [0.15, 0.2) is 4.77 Å². The summed E-state index contributed by atoms with van der Waals surface area (Å²) in [4.78, 5) is 16.0. The number of rotatable bonds is 2. The van der Waals surface area contributed by atoms with Crippen LogP contribution in [0.15, 0.2) is 22.8 Å². The van der Waals surface area contributed by atoms with E-state index >= 15 is 0 Å². The number of nitrogens with zero attached hydrogens (tertiary/aromatic N) is 1. The molecule has 0 aliphatic carbocycles. The standard InChI is InChI=1S/C10H10N2OS2/c1-3-4-12-9(13)7-6(2)5-15-8(7)11-10(12)14/h3,5H,1,4H2,2H3,(H,11,14). The van der Waals surface area contributed by atoms with Gasteiger partial charge in [0.25, 0.3) is 5.56 Å². The summed E-state index contributed by atoms with van der Waals surface area (Å²) in [6.07, 6.45) is 1.67. The molecule has 2 heterocycles. The van der Waals surface area contributed by atoms with Crippen molar-refractivity contribution in [1.29, 1.82) is 0 Å². The second kappa shape index (κ2) is 3.75. The highest BCUT2D eigenvalue weighted by Crippen LogP contribution is 2.19. The lowest BCUT2D eigenvalue weighted by Gasteiger charge is -2.02. The lowest BCUT2D eigenvalue weighted by Crippen LogP contribution is -2.21. The van der Waals surface area contributed by atoms with Crippen molar-refractivity contribution in [3.8, 4) is 0 Å². The molecule has 0 aliphatic rings. The van der Waals surface area contributed by atoms with Crippen molar-refractivity contribution in [3.05, 3.63) is 38.7 Å². The fraction of sp³-hybridized carbons (Fsp3) is 0.200. The number of aryl methyl sites for hydroxylation is 1.